The molecule has 25 heavy (non-hydrogen) atoms. The summed E-state index contributed by atoms with van der Waals surface area (Å²) in [6.07, 6.45) is -5.04. The van der Waals surface area contributed by atoms with E-state index in [2.05, 4.69) is 10.3 Å². The number of anilines is 2. The molecule has 1 amide bonds. The van der Waals surface area contributed by atoms with Gasteiger partial charge in [-0.05, 0) is 30.7 Å². The number of benzene rings is 1. The highest BCUT2D eigenvalue weighted by Gasteiger charge is 2.29. The molecule has 0 aliphatic heterocycles. The van der Waals surface area contributed by atoms with Crippen LogP contribution in [0.15, 0.2) is 36.4 Å². The van der Waals surface area contributed by atoms with Crippen LogP contribution in [-0.2, 0) is 17.5 Å². The lowest BCUT2D eigenvalue weighted by Crippen LogP contribution is -2.15. The minimum atomic E-state index is -4.38. The van der Waals surface area contributed by atoms with Gasteiger partial charge in [0.2, 0.25) is 5.88 Å². The summed E-state index contributed by atoms with van der Waals surface area (Å²) in [5.41, 5.74) is 5.80. The maximum atomic E-state index is 12.5. The molecule has 0 bridgehead atoms. The van der Waals surface area contributed by atoms with Crippen LogP contribution < -0.4 is 15.8 Å². The molecule has 2 rings (SSSR count). The number of hydrogen-bond acceptors (Lipinski definition) is 5. The highest BCUT2D eigenvalue weighted by atomic mass is 19.4. The summed E-state index contributed by atoms with van der Waals surface area (Å²) in [6, 6.07) is 7.56. The van der Waals surface area contributed by atoms with Crippen molar-refractivity contribution in [3.63, 3.8) is 0 Å². The standard InChI is InChI=1S/C16H16F3N3O3/c1-2-24-15(23)21-12-7-8-13(22-14(12)20)25-9-10-3-5-11(6-4-10)16(17,18)19/h3-8H,2,9H2,1H3,(H2,20,22)(H,21,23). The molecule has 1 heterocycles. The Bertz CT molecular complexity index is 734. The predicted octanol–water partition coefficient (Wildman–Crippen LogP) is 3.83. The number of amides is 1. The Morgan fingerprint density at radius 1 is 1.20 bits per heavy atom. The van der Waals surface area contributed by atoms with Crippen LogP contribution in [-0.4, -0.2) is 17.7 Å². The number of nitrogens with two attached hydrogens (primary N) is 1. The number of hydrogen-bond donors (Lipinski definition) is 2. The summed E-state index contributed by atoms with van der Waals surface area (Å²) in [5, 5.41) is 2.42. The van der Waals surface area contributed by atoms with Crippen LogP contribution >= 0.6 is 0 Å². The Labute approximate surface area is 141 Å². The molecule has 0 aliphatic carbocycles. The van der Waals surface area contributed by atoms with E-state index in [-0.39, 0.29) is 30.6 Å². The lowest BCUT2D eigenvalue weighted by Gasteiger charge is -2.11. The Morgan fingerprint density at radius 3 is 2.44 bits per heavy atom. The van der Waals surface area contributed by atoms with Gasteiger partial charge in [-0.2, -0.15) is 18.2 Å². The van der Waals surface area contributed by atoms with Crippen LogP contribution in [0.4, 0.5) is 29.5 Å². The summed E-state index contributed by atoms with van der Waals surface area (Å²) in [5.74, 6) is 0.199. The fraction of sp³-hybridized carbons (Fsp3) is 0.250. The molecule has 1 aromatic carbocycles. The third kappa shape index (κ3) is 5.27. The average molecular weight is 355 g/mol. The van der Waals surface area contributed by atoms with E-state index in [1.165, 1.54) is 24.3 Å². The summed E-state index contributed by atoms with van der Waals surface area (Å²) in [6.45, 7) is 1.90. The summed E-state index contributed by atoms with van der Waals surface area (Å²) in [4.78, 5) is 15.3. The molecule has 0 saturated heterocycles. The van der Waals surface area contributed by atoms with E-state index in [4.69, 9.17) is 15.2 Å². The number of nitrogens with zero attached hydrogens (tertiary/aromatic N) is 1. The number of carbonyl (C=O) groups is 1. The maximum absolute atomic E-state index is 12.5. The fourth-order valence-electron chi connectivity index (χ4n) is 1.87. The van der Waals surface area contributed by atoms with Gasteiger partial charge in [0.15, 0.2) is 5.82 Å². The zero-order chi connectivity index (χ0) is 18.4. The first-order chi connectivity index (χ1) is 11.8. The predicted molar refractivity (Wildman–Crippen MR) is 85.1 cm³/mol. The number of rotatable bonds is 5. The molecule has 9 heteroatoms. The minimum Gasteiger partial charge on any atom is -0.473 e. The number of alkyl halides is 3. The Hall–Kier alpha value is -2.97. The van der Waals surface area contributed by atoms with E-state index in [1.807, 2.05) is 0 Å². The second kappa shape index (κ2) is 7.73. The van der Waals surface area contributed by atoms with Gasteiger partial charge >= 0.3 is 12.3 Å². The van der Waals surface area contributed by atoms with Crippen LogP contribution in [0.1, 0.15) is 18.1 Å². The third-order valence-electron chi connectivity index (χ3n) is 3.08. The second-order valence-electron chi connectivity index (χ2n) is 4.91. The first-order valence-corrected chi connectivity index (χ1v) is 7.29. The quantitative estimate of drug-likeness (QED) is 0.851. The highest BCUT2D eigenvalue weighted by molar-refractivity contribution is 5.88. The number of ether oxygens (including phenoxy) is 2. The molecule has 134 valence electrons. The Morgan fingerprint density at radius 2 is 1.88 bits per heavy atom. The molecule has 0 radical (unpaired) electrons. The lowest BCUT2D eigenvalue weighted by atomic mass is 10.1. The lowest BCUT2D eigenvalue weighted by molar-refractivity contribution is -0.137. The van der Waals surface area contributed by atoms with E-state index >= 15 is 0 Å². The van der Waals surface area contributed by atoms with E-state index in [0.29, 0.717) is 5.56 Å². The number of aromatic nitrogens is 1. The van der Waals surface area contributed by atoms with Gasteiger partial charge in [-0.3, -0.25) is 5.32 Å². The van der Waals surface area contributed by atoms with Gasteiger partial charge < -0.3 is 15.2 Å². The molecule has 0 spiro atoms. The topological polar surface area (TPSA) is 86.5 Å². The van der Waals surface area contributed by atoms with Crippen molar-refractivity contribution in [2.24, 2.45) is 0 Å². The largest absolute Gasteiger partial charge is 0.473 e. The van der Waals surface area contributed by atoms with Gasteiger partial charge in [-0.15, -0.1) is 0 Å². The molecule has 3 N–H and O–H groups in total. The Balaban J connectivity index is 1.97. The van der Waals surface area contributed by atoms with Crippen LogP contribution in [0.3, 0.4) is 0 Å². The molecular weight excluding hydrogens is 339 g/mol. The average Bonchev–Trinajstić information content (AvgIpc) is 2.55. The van der Waals surface area contributed by atoms with Crippen molar-refractivity contribution in [2.75, 3.05) is 17.7 Å². The van der Waals surface area contributed by atoms with Gasteiger partial charge in [0.05, 0.1) is 17.9 Å². The van der Waals surface area contributed by atoms with Crippen LogP contribution in [0.5, 0.6) is 5.88 Å². The van der Waals surface area contributed by atoms with Gasteiger partial charge in [0.1, 0.15) is 6.61 Å². The zero-order valence-corrected chi connectivity index (χ0v) is 13.3. The van der Waals surface area contributed by atoms with Crippen molar-refractivity contribution in [3.05, 3.63) is 47.5 Å². The van der Waals surface area contributed by atoms with Crippen LogP contribution in [0, 0.1) is 0 Å². The van der Waals surface area contributed by atoms with Crippen molar-refractivity contribution in [2.45, 2.75) is 19.7 Å². The van der Waals surface area contributed by atoms with E-state index in [1.54, 1.807) is 6.92 Å². The third-order valence-corrected chi connectivity index (χ3v) is 3.08. The number of nitrogen functional groups attached to an aromatic ring is 1. The van der Waals surface area contributed by atoms with Gasteiger partial charge in [-0.1, -0.05) is 12.1 Å². The second-order valence-corrected chi connectivity index (χ2v) is 4.91. The first-order valence-electron chi connectivity index (χ1n) is 7.29. The molecule has 0 saturated carbocycles. The van der Waals surface area contributed by atoms with Crippen LogP contribution in [0.2, 0.25) is 0 Å². The maximum Gasteiger partial charge on any atom is 0.416 e. The summed E-state index contributed by atoms with van der Waals surface area (Å²) in [7, 11) is 0. The van der Waals surface area contributed by atoms with Gasteiger partial charge in [0, 0.05) is 6.07 Å². The molecule has 0 aliphatic rings. The molecule has 6 nitrogen and oxygen atoms in total. The molecule has 1 aromatic heterocycles. The fourth-order valence-corrected chi connectivity index (χ4v) is 1.87. The molecular formula is C16H16F3N3O3. The first kappa shape index (κ1) is 18.4. The van der Waals surface area contributed by atoms with E-state index < -0.39 is 17.8 Å². The monoisotopic (exact) mass is 355 g/mol. The number of nitrogens with one attached hydrogen (secondary N) is 1. The van der Waals surface area contributed by atoms with Crippen molar-refractivity contribution >= 4 is 17.6 Å². The van der Waals surface area contributed by atoms with Crippen LogP contribution in [0.25, 0.3) is 0 Å². The normalized spacial score (nSPS) is 11.0. The Kier molecular flexibility index (Phi) is 5.68. The molecule has 0 unspecified atom stereocenters. The van der Waals surface area contributed by atoms with Gasteiger partial charge in [-0.25, -0.2) is 4.79 Å². The SMILES string of the molecule is CCOC(=O)Nc1ccc(OCc2ccc(C(F)(F)F)cc2)nc1N. The zero-order valence-electron chi connectivity index (χ0n) is 13.3. The van der Waals surface area contributed by atoms with E-state index in [9.17, 15) is 18.0 Å². The highest BCUT2D eigenvalue weighted by Crippen LogP contribution is 2.29. The van der Waals surface area contributed by atoms with Crippen molar-refractivity contribution in [1.82, 2.24) is 4.98 Å². The molecule has 2 aromatic rings. The number of carbonyl (C=O) groups excluding carboxylic acids is 1. The molecule has 0 atom stereocenters. The van der Waals surface area contributed by atoms with Crippen molar-refractivity contribution < 1.29 is 27.4 Å². The molecule has 0 fully saturated rings. The van der Waals surface area contributed by atoms with Gasteiger partial charge in [0.25, 0.3) is 0 Å². The summed E-state index contributed by atoms with van der Waals surface area (Å²) >= 11 is 0. The minimum absolute atomic E-state index is 0.0230. The number of pyridine rings is 1. The smallest absolute Gasteiger partial charge is 0.416 e. The summed E-state index contributed by atoms with van der Waals surface area (Å²) < 4.78 is 47.6. The van der Waals surface area contributed by atoms with E-state index in [0.717, 1.165) is 12.1 Å². The number of halogens is 3. The van der Waals surface area contributed by atoms with Crippen molar-refractivity contribution in [1.29, 1.82) is 0 Å². The van der Waals surface area contributed by atoms with Crippen molar-refractivity contribution in [3.8, 4) is 5.88 Å².